The van der Waals surface area contributed by atoms with Gasteiger partial charge in [0, 0.05) is 16.9 Å². The van der Waals surface area contributed by atoms with E-state index in [1.165, 1.54) is 16.8 Å². The summed E-state index contributed by atoms with van der Waals surface area (Å²) in [4.78, 5) is 12.4. The number of aryl methyl sites for hydroxylation is 1. The van der Waals surface area contributed by atoms with Crippen LogP contribution in [0.5, 0.6) is 0 Å². The van der Waals surface area contributed by atoms with E-state index in [2.05, 4.69) is 32.5 Å². The number of fused-ring (bicyclic) bond motifs is 1. The van der Waals surface area contributed by atoms with Crippen LogP contribution in [0.1, 0.15) is 41.3 Å². The van der Waals surface area contributed by atoms with Crippen molar-refractivity contribution in [3.05, 3.63) is 83.2 Å². The van der Waals surface area contributed by atoms with Crippen molar-refractivity contribution in [2.45, 2.75) is 38.8 Å². The van der Waals surface area contributed by atoms with E-state index in [-0.39, 0.29) is 12.1 Å². The first-order valence-corrected chi connectivity index (χ1v) is 9.42. The summed E-state index contributed by atoms with van der Waals surface area (Å²) < 4.78 is 2.07. The molecule has 3 aromatic rings. The van der Waals surface area contributed by atoms with Crippen molar-refractivity contribution in [1.82, 2.24) is 15.1 Å². The topological polar surface area (TPSA) is 59.0 Å². The summed E-state index contributed by atoms with van der Waals surface area (Å²) in [5, 5.41) is 10.6. The Balaban J connectivity index is 1.45. The Kier molecular flexibility index (Phi) is 4.92. The van der Waals surface area contributed by atoms with E-state index in [1.54, 1.807) is 0 Å². The molecule has 1 atom stereocenters. The van der Waals surface area contributed by atoms with Crippen LogP contribution >= 0.6 is 0 Å². The molecule has 1 heterocycles. The predicted molar refractivity (Wildman–Crippen MR) is 107 cm³/mol. The van der Waals surface area contributed by atoms with Crippen molar-refractivity contribution < 1.29 is 4.79 Å². The highest BCUT2D eigenvalue weighted by atomic mass is 16.2. The monoisotopic (exact) mass is 360 g/mol. The van der Waals surface area contributed by atoms with E-state index in [1.807, 2.05) is 55.6 Å². The van der Waals surface area contributed by atoms with E-state index in [9.17, 15) is 4.79 Å². The maximum absolute atomic E-state index is 12.4. The number of carbonyl (C=O) groups is 1. The minimum atomic E-state index is -0.174. The Bertz CT molecular complexity index is 915. The van der Waals surface area contributed by atoms with Gasteiger partial charge < -0.3 is 10.6 Å². The van der Waals surface area contributed by atoms with Crippen LogP contribution in [0.2, 0.25) is 0 Å². The lowest BCUT2D eigenvalue weighted by Gasteiger charge is -2.24. The Labute approximate surface area is 159 Å². The maximum Gasteiger partial charge on any atom is 0.319 e. The molecule has 0 aliphatic heterocycles. The van der Waals surface area contributed by atoms with Crippen LogP contribution in [0.3, 0.4) is 0 Å². The molecule has 27 heavy (non-hydrogen) atoms. The number of nitrogens with one attached hydrogen (secondary N) is 2. The van der Waals surface area contributed by atoms with Gasteiger partial charge in [-0.1, -0.05) is 48.0 Å². The molecular formula is C22H24N4O. The normalized spacial score (nSPS) is 15.8. The zero-order chi connectivity index (χ0) is 18.6. The van der Waals surface area contributed by atoms with Gasteiger partial charge in [-0.2, -0.15) is 5.10 Å². The number of benzene rings is 2. The summed E-state index contributed by atoms with van der Waals surface area (Å²) in [6.07, 6.45) is 4.89. The van der Waals surface area contributed by atoms with E-state index in [0.717, 1.165) is 37.1 Å². The Morgan fingerprint density at radius 2 is 1.93 bits per heavy atom. The van der Waals surface area contributed by atoms with Crippen molar-refractivity contribution in [3.8, 4) is 0 Å². The molecule has 2 aromatic carbocycles. The van der Waals surface area contributed by atoms with Gasteiger partial charge in [-0.05, 0) is 43.9 Å². The summed E-state index contributed by atoms with van der Waals surface area (Å²) in [6.45, 7) is 2.79. The van der Waals surface area contributed by atoms with Crippen LogP contribution in [-0.4, -0.2) is 15.8 Å². The number of amides is 2. The number of rotatable bonds is 4. The highest BCUT2D eigenvalue weighted by Gasteiger charge is 2.25. The second-order valence-electron chi connectivity index (χ2n) is 7.10. The van der Waals surface area contributed by atoms with Gasteiger partial charge in [0.05, 0.1) is 18.8 Å². The molecule has 5 heteroatoms. The molecule has 5 nitrogen and oxygen atoms in total. The average molecular weight is 360 g/mol. The summed E-state index contributed by atoms with van der Waals surface area (Å²) in [5.41, 5.74) is 5.56. The Morgan fingerprint density at radius 3 is 2.70 bits per heavy atom. The molecule has 2 N–H and O–H groups in total. The Morgan fingerprint density at radius 1 is 1.15 bits per heavy atom. The second-order valence-corrected chi connectivity index (χ2v) is 7.10. The molecule has 1 aliphatic carbocycles. The highest BCUT2D eigenvalue weighted by Crippen LogP contribution is 2.30. The highest BCUT2D eigenvalue weighted by molar-refractivity contribution is 5.89. The molecule has 0 bridgehead atoms. The number of hydrogen-bond donors (Lipinski definition) is 2. The van der Waals surface area contributed by atoms with Crippen LogP contribution in [0.25, 0.3) is 0 Å². The molecule has 0 fully saturated rings. The third-order valence-electron chi connectivity index (χ3n) is 5.05. The van der Waals surface area contributed by atoms with Crippen molar-refractivity contribution >= 4 is 11.7 Å². The number of anilines is 1. The van der Waals surface area contributed by atoms with Crippen molar-refractivity contribution in [1.29, 1.82) is 0 Å². The minimum Gasteiger partial charge on any atom is -0.331 e. The predicted octanol–water partition coefficient (Wildman–Crippen LogP) is 4.44. The van der Waals surface area contributed by atoms with Crippen LogP contribution in [0, 0.1) is 6.92 Å². The van der Waals surface area contributed by atoms with Gasteiger partial charge in [0.2, 0.25) is 0 Å². The fraction of sp³-hybridized carbons (Fsp3) is 0.273. The van der Waals surface area contributed by atoms with Gasteiger partial charge >= 0.3 is 6.03 Å². The van der Waals surface area contributed by atoms with Gasteiger partial charge in [-0.15, -0.1) is 0 Å². The molecule has 0 radical (unpaired) electrons. The molecule has 1 aliphatic rings. The molecule has 0 saturated carbocycles. The third-order valence-corrected chi connectivity index (χ3v) is 5.05. The van der Waals surface area contributed by atoms with Crippen LogP contribution < -0.4 is 10.6 Å². The zero-order valence-electron chi connectivity index (χ0n) is 15.5. The molecular weight excluding hydrogens is 336 g/mol. The first-order valence-electron chi connectivity index (χ1n) is 9.42. The second kappa shape index (κ2) is 7.66. The van der Waals surface area contributed by atoms with E-state index < -0.39 is 0 Å². The Hall–Kier alpha value is -3.08. The lowest BCUT2D eigenvalue weighted by molar-refractivity contribution is 0.247. The van der Waals surface area contributed by atoms with Crippen molar-refractivity contribution in [2.24, 2.45) is 0 Å². The standard InChI is InChI=1S/C22H24N4O/c1-16-10-12-18(13-11-16)24-22(27)25-20-8-5-9-21-19(20)14-23-26(21)15-17-6-3-2-4-7-17/h2-4,6-7,10-14,20H,5,8-9,15H2,1H3,(H2,24,25,27)/t20-/m0/s1. The molecule has 0 spiro atoms. The first-order chi connectivity index (χ1) is 13.2. The minimum absolute atomic E-state index is 0.00345. The number of nitrogens with zero attached hydrogens (tertiary/aromatic N) is 2. The third kappa shape index (κ3) is 4.03. The zero-order valence-corrected chi connectivity index (χ0v) is 15.5. The summed E-state index contributed by atoms with van der Waals surface area (Å²) in [7, 11) is 0. The van der Waals surface area contributed by atoms with Crippen LogP contribution in [0.15, 0.2) is 60.8 Å². The van der Waals surface area contributed by atoms with Crippen molar-refractivity contribution in [3.63, 3.8) is 0 Å². The molecule has 138 valence electrons. The first kappa shape index (κ1) is 17.3. The lowest BCUT2D eigenvalue weighted by Crippen LogP contribution is -2.34. The largest absolute Gasteiger partial charge is 0.331 e. The summed E-state index contributed by atoms with van der Waals surface area (Å²) in [6, 6.07) is 18.0. The molecule has 0 unspecified atom stereocenters. The van der Waals surface area contributed by atoms with Crippen LogP contribution in [-0.2, 0) is 13.0 Å². The van der Waals surface area contributed by atoms with Crippen LogP contribution in [0.4, 0.5) is 10.5 Å². The fourth-order valence-corrected chi connectivity index (χ4v) is 3.62. The van der Waals surface area contributed by atoms with Gasteiger partial charge in [-0.25, -0.2) is 4.79 Å². The number of urea groups is 1. The van der Waals surface area contributed by atoms with Gasteiger partial charge in [0.1, 0.15) is 0 Å². The van der Waals surface area contributed by atoms with E-state index in [4.69, 9.17) is 0 Å². The molecule has 4 rings (SSSR count). The SMILES string of the molecule is Cc1ccc(NC(=O)N[C@H]2CCCc3c2cnn3Cc2ccccc2)cc1. The van der Waals surface area contributed by atoms with Gasteiger partial charge in [-0.3, -0.25) is 4.68 Å². The molecule has 2 amide bonds. The smallest absolute Gasteiger partial charge is 0.319 e. The summed E-state index contributed by atoms with van der Waals surface area (Å²) in [5.74, 6) is 0. The number of hydrogen-bond acceptors (Lipinski definition) is 2. The summed E-state index contributed by atoms with van der Waals surface area (Å²) >= 11 is 0. The lowest BCUT2D eigenvalue weighted by atomic mass is 9.93. The average Bonchev–Trinajstić information content (AvgIpc) is 3.08. The quantitative estimate of drug-likeness (QED) is 0.723. The van der Waals surface area contributed by atoms with E-state index in [0.29, 0.717) is 0 Å². The van der Waals surface area contributed by atoms with Crippen molar-refractivity contribution in [2.75, 3.05) is 5.32 Å². The fourth-order valence-electron chi connectivity index (χ4n) is 3.62. The maximum atomic E-state index is 12.4. The van der Waals surface area contributed by atoms with E-state index >= 15 is 0 Å². The molecule has 1 aromatic heterocycles. The van der Waals surface area contributed by atoms with Gasteiger partial charge in [0.25, 0.3) is 0 Å². The molecule has 0 saturated heterocycles. The number of carbonyl (C=O) groups excluding carboxylic acids is 1. The number of aromatic nitrogens is 2. The van der Waals surface area contributed by atoms with Gasteiger partial charge in [0.15, 0.2) is 0 Å².